The van der Waals surface area contributed by atoms with Crippen molar-refractivity contribution in [2.24, 2.45) is 5.73 Å². The second kappa shape index (κ2) is 4.38. The van der Waals surface area contributed by atoms with Gasteiger partial charge in [-0.1, -0.05) is 35.5 Å². The highest BCUT2D eigenvalue weighted by Crippen LogP contribution is 2.14. The number of rotatable bonds is 2. The van der Waals surface area contributed by atoms with Gasteiger partial charge in [-0.3, -0.25) is 5.41 Å². The van der Waals surface area contributed by atoms with Crippen LogP contribution in [0.25, 0.3) is 0 Å². The second-order valence-electron chi connectivity index (χ2n) is 2.28. The predicted molar refractivity (Wildman–Crippen MR) is 54.7 cm³/mol. The Bertz CT molecular complexity index is 271. The van der Waals surface area contributed by atoms with Gasteiger partial charge in [0.1, 0.15) is 0 Å². The van der Waals surface area contributed by atoms with Crippen LogP contribution in [0.3, 0.4) is 0 Å². The molecule has 1 aromatic rings. The van der Waals surface area contributed by atoms with E-state index < -0.39 is 0 Å². The molecule has 1 rings (SSSR count). The Kier molecular flexibility index (Phi) is 3.44. The van der Waals surface area contributed by atoms with Crippen molar-refractivity contribution in [3.63, 3.8) is 0 Å². The van der Waals surface area contributed by atoms with E-state index in [0.717, 1.165) is 16.3 Å². The molecule has 0 bridgehead atoms. The maximum atomic E-state index is 7.00. The minimum atomic E-state index is 0.143. The number of amidine groups is 1. The van der Waals surface area contributed by atoms with Gasteiger partial charge in [-0.2, -0.15) is 0 Å². The molecule has 0 aromatic heterocycles. The predicted octanol–water partition coefficient (Wildman–Crippen LogP) is 2.47. The van der Waals surface area contributed by atoms with Crippen molar-refractivity contribution in [3.8, 4) is 0 Å². The lowest BCUT2D eigenvalue weighted by Gasteiger charge is -1.98. The smallest absolute Gasteiger partial charge is 0.151 e. The molecular weight excluding hydrogens is 192 g/mol. The van der Waals surface area contributed by atoms with Gasteiger partial charge >= 0.3 is 0 Å². The maximum absolute atomic E-state index is 7.00. The Balaban J connectivity index is 2.53. The van der Waals surface area contributed by atoms with Gasteiger partial charge < -0.3 is 5.73 Å². The Morgan fingerprint density at radius 1 is 1.42 bits per heavy atom. The van der Waals surface area contributed by atoms with E-state index in [2.05, 4.69) is 0 Å². The molecule has 1 aromatic carbocycles. The van der Waals surface area contributed by atoms with Crippen LogP contribution in [-0.2, 0) is 5.75 Å². The molecule has 64 valence electrons. The zero-order valence-corrected chi connectivity index (χ0v) is 7.95. The summed E-state index contributed by atoms with van der Waals surface area (Å²) in [5.74, 6) is 0.729. The van der Waals surface area contributed by atoms with E-state index in [1.165, 1.54) is 11.8 Å². The van der Waals surface area contributed by atoms with Gasteiger partial charge in [-0.15, -0.1) is 0 Å². The molecule has 0 saturated heterocycles. The zero-order chi connectivity index (χ0) is 8.97. The number of thioether (sulfide) groups is 1. The van der Waals surface area contributed by atoms with Gasteiger partial charge in [0.2, 0.25) is 0 Å². The lowest BCUT2D eigenvalue weighted by molar-refractivity contribution is 1.42. The first-order valence-corrected chi connectivity index (χ1v) is 4.76. The highest BCUT2D eigenvalue weighted by Gasteiger charge is 1.94. The quantitative estimate of drug-likeness (QED) is 0.569. The van der Waals surface area contributed by atoms with E-state index >= 15 is 0 Å². The summed E-state index contributed by atoms with van der Waals surface area (Å²) in [6, 6.07) is 7.52. The van der Waals surface area contributed by atoms with Gasteiger partial charge in [0, 0.05) is 10.8 Å². The molecule has 0 aliphatic rings. The first-order chi connectivity index (χ1) is 5.68. The van der Waals surface area contributed by atoms with E-state index in [4.69, 9.17) is 22.7 Å². The van der Waals surface area contributed by atoms with Crippen LogP contribution in [0.2, 0.25) is 5.02 Å². The van der Waals surface area contributed by atoms with Crippen LogP contribution in [0, 0.1) is 5.41 Å². The Hall–Kier alpha value is -0.670. The molecule has 0 heterocycles. The Morgan fingerprint density at radius 2 is 2.00 bits per heavy atom. The summed E-state index contributed by atoms with van der Waals surface area (Å²) >= 11 is 7.01. The van der Waals surface area contributed by atoms with E-state index in [1.54, 1.807) is 0 Å². The molecule has 0 amide bonds. The first-order valence-electron chi connectivity index (χ1n) is 3.40. The second-order valence-corrected chi connectivity index (χ2v) is 3.73. The summed E-state index contributed by atoms with van der Waals surface area (Å²) < 4.78 is 0. The van der Waals surface area contributed by atoms with Crippen LogP contribution in [0.15, 0.2) is 24.3 Å². The van der Waals surface area contributed by atoms with Crippen molar-refractivity contribution >= 4 is 28.5 Å². The molecule has 4 heteroatoms. The van der Waals surface area contributed by atoms with Crippen LogP contribution in [0.1, 0.15) is 5.56 Å². The van der Waals surface area contributed by atoms with E-state index in [9.17, 15) is 0 Å². The average Bonchev–Trinajstić information content (AvgIpc) is 2.03. The third kappa shape index (κ3) is 3.15. The summed E-state index contributed by atoms with van der Waals surface area (Å²) in [5.41, 5.74) is 6.32. The molecule has 0 atom stereocenters. The van der Waals surface area contributed by atoms with Crippen LogP contribution in [0.5, 0.6) is 0 Å². The lowest BCUT2D eigenvalue weighted by Crippen LogP contribution is -2.03. The summed E-state index contributed by atoms with van der Waals surface area (Å²) in [4.78, 5) is 0. The standard InChI is InChI=1S/C8H9ClN2S/c9-7-3-1-6(2-4-7)5-12-8(10)11/h1-4H,5H2,(H3,10,11). The van der Waals surface area contributed by atoms with Gasteiger partial charge in [-0.25, -0.2) is 0 Å². The SMILES string of the molecule is N=C(N)SCc1ccc(Cl)cc1. The average molecular weight is 201 g/mol. The van der Waals surface area contributed by atoms with Crippen molar-refractivity contribution in [1.82, 2.24) is 0 Å². The summed E-state index contributed by atoms with van der Waals surface area (Å²) in [7, 11) is 0. The number of benzene rings is 1. The Morgan fingerprint density at radius 3 is 2.50 bits per heavy atom. The lowest BCUT2D eigenvalue weighted by atomic mass is 10.2. The molecule has 0 aliphatic carbocycles. The number of hydrogen-bond donors (Lipinski definition) is 2. The van der Waals surface area contributed by atoms with Crippen molar-refractivity contribution in [2.75, 3.05) is 0 Å². The van der Waals surface area contributed by atoms with E-state index in [0.29, 0.717) is 0 Å². The summed E-state index contributed by atoms with van der Waals surface area (Å²) in [5, 5.41) is 7.87. The third-order valence-electron chi connectivity index (χ3n) is 1.31. The van der Waals surface area contributed by atoms with Crippen LogP contribution in [-0.4, -0.2) is 5.17 Å². The normalized spacial score (nSPS) is 9.75. The highest BCUT2D eigenvalue weighted by molar-refractivity contribution is 8.13. The monoisotopic (exact) mass is 200 g/mol. The first kappa shape index (κ1) is 9.42. The minimum absolute atomic E-state index is 0.143. The summed E-state index contributed by atoms with van der Waals surface area (Å²) in [6.07, 6.45) is 0. The Labute approximate surface area is 80.6 Å². The van der Waals surface area contributed by atoms with Crippen molar-refractivity contribution in [1.29, 1.82) is 5.41 Å². The van der Waals surface area contributed by atoms with Crippen molar-refractivity contribution < 1.29 is 0 Å². The van der Waals surface area contributed by atoms with Crippen molar-refractivity contribution in [2.45, 2.75) is 5.75 Å². The fraction of sp³-hybridized carbons (Fsp3) is 0.125. The molecule has 0 fully saturated rings. The molecule has 0 aliphatic heterocycles. The molecule has 0 spiro atoms. The number of nitrogens with one attached hydrogen (secondary N) is 1. The molecule has 3 N–H and O–H groups in total. The number of hydrogen-bond acceptors (Lipinski definition) is 2. The molecule has 0 unspecified atom stereocenters. The summed E-state index contributed by atoms with van der Waals surface area (Å²) in [6.45, 7) is 0. The zero-order valence-electron chi connectivity index (χ0n) is 6.38. The number of nitrogens with two attached hydrogens (primary N) is 1. The topological polar surface area (TPSA) is 49.9 Å². The molecular formula is C8H9ClN2S. The van der Waals surface area contributed by atoms with Gasteiger partial charge in [0.15, 0.2) is 5.17 Å². The van der Waals surface area contributed by atoms with Gasteiger partial charge in [-0.05, 0) is 17.7 Å². The third-order valence-corrected chi connectivity index (χ3v) is 2.35. The molecule has 12 heavy (non-hydrogen) atoms. The largest absolute Gasteiger partial charge is 0.379 e. The molecule has 2 nitrogen and oxygen atoms in total. The van der Waals surface area contributed by atoms with Gasteiger partial charge in [0.25, 0.3) is 0 Å². The van der Waals surface area contributed by atoms with Gasteiger partial charge in [0.05, 0.1) is 0 Å². The number of halogens is 1. The van der Waals surface area contributed by atoms with Crippen LogP contribution < -0.4 is 5.73 Å². The van der Waals surface area contributed by atoms with E-state index in [1.807, 2.05) is 24.3 Å². The fourth-order valence-corrected chi connectivity index (χ4v) is 1.38. The van der Waals surface area contributed by atoms with Crippen LogP contribution in [0.4, 0.5) is 0 Å². The molecule has 0 radical (unpaired) electrons. The molecule has 0 saturated carbocycles. The van der Waals surface area contributed by atoms with Crippen LogP contribution >= 0.6 is 23.4 Å². The van der Waals surface area contributed by atoms with E-state index in [-0.39, 0.29) is 5.17 Å². The fourth-order valence-electron chi connectivity index (χ4n) is 0.742. The minimum Gasteiger partial charge on any atom is -0.379 e. The highest BCUT2D eigenvalue weighted by atomic mass is 35.5. The van der Waals surface area contributed by atoms with Crippen molar-refractivity contribution in [3.05, 3.63) is 34.9 Å². The maximum Gasteiger partial charge on any atom is 0.151 e.